The second-order valence-corrected chi connectivity index (χ2v) is 4.67. The Labute approximate surface area is 115 Å². The molecule has 1 aromatic heterocycles. The Kier molecular flexibility index (Phi) is 3.83. The van der Waals surface area contributed by atoms with Gasteiger partial charge in [0.25, 0.3) is 5.91 Å². The number of aromatic nitrogens is 2. The van der Waals surface area contributed by atoms with E-state index in [1.54, 1.807) is 17.9 Å². The van der Waals surface area contributed by atoms with Crippen molar-refractivity contribution >= 4 is 5.91 Å². The zero-order chi connectivity index (χ0) is 14.9. The fraction of sp³-hybridized carbons (Fsp3) is 0.286. The maximum atomic E-state index is 13.6. The van der Waals surface area contributed by atoms with Gasteiger partial charge in [-0.05, 0) is 19.1 Å². The van der Waals surface area contributed by atoms with Crippen molar-refractivity contribution in [1.29, 1.82) is 0 Å². The quantitative estimate of drug-likeness (QED) is 0.864. The van der Waals surface area contributed by atoms with Crippen LogP contribution in [-0.2, 0) is 13.6 Å². The van der Waals surface area contributed by atoms with Crippen molar-refractivity contribution in [2.24, 2.45) is 7.05 Å². The maximum Gasteiger partial charge on any atom is 0.259 e. The average Bonchev–Trinajstić information content (AvgIpc) is 2.67. The molecule has 4 nitrogen and oxygen atoms in total. The zero-order valence-electron chi connectivity index (χ0n) is 11.5. The van der Waals surface area contributed by atoms with E-state index >= 15 is 0 Å². The van der Waals surface area contributed by atoms with Crippen molar-refractivity contribution in [1.82, 2.24) is 14.7 Å². The van der Waals surface area contributed by atoms with Crippen LogP contribution in [0.2, 0.25) is 0 Å². The smallest absolute Gasteiger partial charge is 0.259 e. The van der Waals surface area contributed by atoms with Crippen molar-refractivity contribution in [3.63, 3.8) is 0 Å². The van der Waals surface area contributed by atoms with Crippen molar-refractivity contribution in [2.75, 3.05) is 7.05 Å². The molecule has 0 spiro atoms. The van der Waals surface area contributed by atoms with E-state index in [9.17, 15) is 13.6 Å². The minimum atomic E-state index is -0.857. The molecule has 0 radical (unpaired) electrons. The topological polar surface area (TPSA) is 38.1 Å². The van der Waals surface area contributed by atoms with Crippen LogP contribution in [-0.4, -0.2) is 27.6 Å². The number of carbonyl (C=O) groups excluding carboxylic acids is 1. The molecule has 106 valence electrons. The molecule has 0 unspecified atom stereocenters. The second-order valence-electron chi connectivity index (χ2n) is 4.67. The molecule has 1 amide bonds. The van der Waals surface area contributed by atoms with E-state index in [4.69, 9.17) is 0 Å². The highest BCUT2D eigenvalue weighted by molar-refractivity contribution is 5.94. The lowest BCUT2D eigenvalue weighted by Gasteiger charge is -2.17. The van der Waals surface area contributed by atoms with Crippen LogP contribution in [0, 0.1) is 18.6 Å². The SMILES string of the molecule is Cc1nn(C)cc1CN(C)C(=O)c1c(F)cccc1F. The van der Waals surface area contributed by atoms with Gasteiger partial charge in [-0.3, -0.25) is 9.48 Å². The summed E-state index contributed by atoms with van der Waals surface area (Å²) in [5.41, 5.74) is 1.08. The van der Waals surface area contributed by atoms with Crippen LogP contribution in [0.1, 0.15) is 21.6 Å². The normalized spacial score (nSPS) is 10.7. The van der Waals surface area contributed by atoms with Crippen LogP contribution < -0.4 is 0 Å². The van der Waals surface area contributed by atoms with E-state index in [2.05, 4.69) is 5.10 Å². The third-order valence-corrected chi connectivity index (χ3v) is 3.05. The molecule has 0 atom stereocenters. The van der Waals surface area contributed by atoms with E-state index in [-0.39, 0.29) is 6.54 Å². The van der Waals surface area contributed by atoms with Crippen LogP contribution in [0.3, 0.4) is 0 Å². The molecule has 6 heteroatoms. The third-order valence-electron chi connectivity index (χ3n) is 3.05. The minimum absolute atomic E-state index is 0.242. The molecule has 2 aromatic rings. The van der Waals surface area contributed by atoms with E-state index in [0.717, 1.165) is 23.4 Å². The van der Waals surface area contributed by atoms with Gasteiger partial charge in [-0.1, -0.05) is 6.07 Å². The van der Waals surface area contributed by atoms with Gasteiger partial charge in [0.15, 0.2) is 0 Å². The Balaban J connectivity index is 2.23. The van der Waals surface area contributed by atoms with Gasteiger partial charge in [-0.2, -0.15) is 5.10 Å². The van der Waals surface area contributed by atoms with Crippen LogP contribution in [0.4, 0.5) is 8.78 Å². The standard InChI is InChI=1S/C14H15F2N3O/c1-9-10(8-19(3)17-9)7-18(2)14(20)13-11(15)5-4-6-12(13)16/h4-6,8H,7H2,1-3H3. The number of nitrogens with zero attached hydrogens (tertiary/aromatic N) is 3. The van der Waals surface area contributed by atoms with E-state index in [0.29, 0.717) is 0 Å². The molecule has 2 rings (SSSR count). The molecule has 0 aliphatic rings. The maximum absolute atomic E-state index is 13.6. The minimum Gasteiger partial charge on any atom is -0.337 e. The fourth-order valence-corrected chi connectivity index (χ4v) is 2.02. The second kappa shape index (κ2) is 5.40. The molecule has 0 aliphatic carbocycles. The molecule has 0 fully saturated rings. The van der Waals surface area contributed by atoms with Gasteiger partial charge in [0.05, 0.1) is 5.69 Å². The first-order chi connectivity index (χ1) is 9.40. The summed E-state index contributed by atoms with van der Waals surface area (Å²) in [6.07, 6.45) is 1.77. The van der Waals surface area contributed by atoms with Crippen molar-refractivity contribution in [3.05, 3.63) is 52.9 Å². The molecule has 0 aliphatic heterocycles. The molecule has 20 heavy (non-hydrogen) atoms. The summed E-state index contributed by atoms with van der Waals surface area (Å²) >= 11 is 0. The lowest BCUT2D eigenvalue weighted by atomic mass is 10.1. The Hall–Kier alpha value is -2.24. The van der Waals surface area contributed by atoms with Crippen molar-refractivity contribution in [2.45, 2.75) is 13.5 Å². The Morgan fingerprint density at radius 3 is 2.45 bits per heavy atom. The molecule has 0 N–H and O–H groups in total. The summed E-state index contributed by atoms with van der Waals surface area (Å²) in [5, 5.41) is 4.16. The number of hydrogen-bond acceptors (Lipinski definition) is 2. The van der Waals surface area contributed by atoms with Gasteiger partial charge in [0, 0.05) is 32.4 Å². The van der Waals surface area contributed by atoms with Gasteiger partial charge < -0.3 is 4.90 Å². The molecule has 1 aromatic carbocycles. The number of aryl methyl sites for hydroxylation is 2. The van der Waals surface area contributed by atoms with E-state index < -0.39 is 23.1 Å². The Bertz CT molecular complexity index is 632. The molecule has 0 saturated heterocycles. The van der Waals surface area contributed by atoms with Crippen molar-refractivity contribution in [3.8, 4) is 0 Å². The summed E-state index contributed by atoms with van der Waals surface area (Å²) in [5.74, 6) is -2.40. The molecule has 0 bridgehead atoms. The number of amides is 1. The van der Waals surface area contributed by atoms with Crippen LogP contribution >= 0.6 is 0 Å². The first-order valence-corrected chi connectivity index (χ1v) is 6.08. The molecule has 0 saturated carbocycles. The lowest BCUT2D eigenvalue weighted by Crippen LogP contribution is -2.28. The highest BCUT2D eigenvalue weighted by Gasteiger charge is 2.21. The molecular formula is C14H15F2N3O. The van der Waals surface area contributed by atoms with E-state index in [1.807, 2.05) is 6.92 Å². The first-order valence-electron chi connectivity index (χ1n) is 6.08. The average molecular weight is 279 g/mol. The summed E-state index contributed by atoms with van der Waals surface area (Å²) < 4.78 is 28.8. The largest absolute Gasteiger partial charge is 0.337 e. The first kappa shape index (κ1) is 14.2. The van der Waals surface area contributed by atoms with Gasteiger partial charge in [0.2, 0.25) is 0 Å². The summed E-state index contributed by atoms with van der Waals surface area (Å²) in [6.45, 7) is 2.06. The number of halogens is 2. The Morgan fingerprint density at radius 2 is 1.95 bits per heavy atom. The number of carbonyl (C=O) groups is 1. The number of benzene rings is 1. The predicted molar refractivity (Wildman–Crippen MR) is 70.1 cm³/mol. The van der Waals surface area contributed by atoms with E-state index in [1.165, 1.54) is 18.0 Å². The summed E-state index contributed by atoms with van der Waals surface area (Å²) in [7, 11) is 3.27. The number of hydrogen-bond donors (Lipinski definition) is 0. The van der Waals surface area contributed by atoms with Crippen LogP contribution in [0.25, 0.3) is 0 Å². The van der Waals surface area contributed by atoms with Crippen LogP contribution in [0.15, 0.2) is 24.4 Å². The van der Waals surface area contributed by atoms with Gasteiger partial charge >= 0.3 is 0 Å². The summed E-state index contributed by atoms with van der Waals surface area (Å²) in [4.78, 5) is 13.4. The summed E-state index contributed by atoms with van der Waals surface area (Å²) in [6, 6.07) is 3.37. The molecular weight excluding hydrogens is 264 g/mol. The fourth-order valence-electron chi connectivity index (χ4n) is 2.02. The highest BCUT2D eigenvalue weighted by atomic mass is 19.1. The lowest BCUT2D eigenvalue weighted by molar-refractivity contribution is 0.0775. The van der Waals surface area contributed by atoms with Crippen molar-refractivity contribution < 1.29 is 13.6 Å². The number of rotatable bonds is 3. The highest BCUT2D eigenvalue weighted by Crippen LogP contribution is 2.16. The third kappa shape index (κ3) is 2.68. The van der Waals surface area contributed by atoms with Gasteiger partial charge in [0.1, 0.15) is 17.2 Å². The van der Waals surface area contributed by atoms with Gasteiger partial charge in [-0.15, -0.1) is 0 Å². The Morgan fingerprint density at radius 1 is 1.35 bits per heavy atom. The molecule has 1 heterocycles. The predicted octanol–water partition coefficient (Wildman–Crippen LogP) is 2.28. The zero-order valence-corrected chi connectivity index (χ0v) is 11.5. The van der Waals surface area contributed by atoms with Crippen LogP contribution in [0.5, 0.6) is 0 Å². The monoisotopic (exact) mass is 279 g/mol. The van der Waals surface area contributed by atoms with Gasteiger partial charge in [-0.25, -0.2) is 8.78 Å².